The molecule has 2 aromatic carbocycles. The number of carbonyl (C=O) groups is 1. The van der Waals surface area contributed by atoms with E-state index in [1.54, 1.807) is 21.3 Å². The molecule has 1 fully saturated rings. The number of amides is 1. The van der Waals surface area contributed by atoms with Crippen molar-refractivity contribution in [3.63, 3.8) is 0 Å². The van der Waals surface area contributed by atoms with Crippen LogP contribution >= 0.6 is 24.0 Å². The minimum Gasteiger partial charge on any atom is -0.493 e. The predicted octanol–water partition coefficient (Wildman–Crippen LogP) is 2.34. The Morgan fingerprint density at radius 1 is 0.969 bits per heavy atom. The molecule has 0 bridgehead atoms. The smallest absolute Gasteiger partial charge is 0.242 e. The molecule has 0 radical (unpaired) electrons. The quantitative estimate of drug-likeness (QED) is 0.312. The van der Waals surface area contributed by atoms with Crippen LogP contribution in [-0.2, 0) is 11.3 Å². The molecule has 0 saturated carbocycles. The van der Waals surface area contributed by atoms with Gasteiger partial charge in [-0.3, -0.25) is 9.79 Å². The van der Waals surface area contributed by atoms with Crippen LogP contribution < -0.4 is 25.0 Å². The summed E-state index contributed by atoms with van der Waals surface area (Å²) in [5.41, 5.74) is 2.22. The number of methoxy groups -OCH3 is 2. The van der Waals surface area contributed by atoms with Crippen LogP contribution in [0.1, 0.15) is 5.56 Å². The first-order valence-electron chi connectivity index (χ1n) is 10.4. The number of hydrogen-bond donors (Lipinski definition) is 2. The number of nitrogens with zero attached hydrogens (tertiary/aromatic N) is 3. The van der Waals surface area contributed by atoms with Gasteiger partial charge in [-0.25, -0.2) is 0 Å². The lowest BCUT2D eigenvalue weighted by atomic mass is 10.2. The van der Waals surface area contributed by atoms with Gasteiger partial charge >= 0.3 is 0 Å². The first-order chi connectivity index (χ1) is 15.1. The van der Waals surface area contributed by atoms with Crippen molar-refractivity contribution in [2.75, 3.05) is 58.9 Å². The zero-order valence-corrected chi connectivity index (χ0v) is 21.2. The molecule has 174 valence electrons. The molecular weight excluding hydrogens is 521 g/mol. The Kier molecular flexibility index (Phi) is 10.4. The third kappa shape index (κ3) is 6.91. The summed E-state index contributed by atoms with van der Waals surface area (Å²) in [5.74, 6) is 2.01. The molecule has 0 aliphatic carbocycles. The molecule has 2 N–H and O–H groups in total. The number of piperazine rings is 1. The van der Waals surface area contributed by atoms with Gasteiger partial charge in [-0.15, -0.1) is 24.0 Å². The molecule has 1 heterocycles. The third-order valence-corrected chi connectivity index (χ3v) is 5.29. The molecule has 0 unspecified atom stereocenters. The SMILES string of the molecule is CN=C(NCC(=O)N1CCN(c2ccccc2)CC1)NCc1ccc(OC)c(OC)c1.I. The van der Waals surface area contributed by atoms with E-state index in [4.69, 9.17) is 9.47 Å². The lowest BCUT2D eigenvalue weighted by Gasteiger charge is -2.36. The van der Waals surface area contributed by atoms with Crippen molar-refractivity contribution >= 4 is 41.5 Å². The summed E-state index contributed by atoms with van der Waals surface area (Å²) in [6.45, 7) is 3.85. The maximum absolute atomic E-state index is 12.6. The summed E-state index contributed by atoms with van der Waals surface area (Å²) in [7, 11) is 4.91. The largest absolute Gasteiger partial charge is 0.493 e. The molecule has 9 heteroatoms. The fourth-order valence-corrected chi connectivity index (χ4v) is 3.52. The number of nitrogens with one attached hydrogen (secondary N) is 2. The van der Waals surface area contributed by atoms with E-state index in [1.165, 1.54) is 5.69 Å². The van der Waals surface area contributed by atoms with Crippen LogP contribution in [0, 0.1) is 0 Å². The van der Waals surface area contributed by atoms with Crippen molar-refractivity contribution in [1.29, 1.82) is 0 Å². The topological polar surface area (TPSA) is 78.4 Å². The Balaban J connectivity index is 0.00000363. The van der Waals surface area contributed by atoms with Crippen LogP contribution in [-0.4, -0.2) is 70.8 Å². The molecule has 1 aliphatic rings. The lowest BCUT2D eigenvalue weighted by molar-refractivity contribution is -0.130. The van der Waals surface area contributed by atoms with E-state index in [0.717, 1.165) is 18.7 Å². The maximum atomic E-state index is 12.6. The van der Waals surface area contributed by atoms with E-state index in [1.807, 2.05) is 41.3 Å². The number of guanidine groups is 1. The Labute approximate surface area is 207 Å². The summed E-state index contributed by atoms with van der Waals surface area (Å²) < 4.78 is 10.6. The number of benzene rings is 2. The number of anilines is 1. The van der Waals surface area contributed by atoms with E-state index < -0.39 is 0 Å². The average molecular weight is 553 g/mol. The maximum Gasteiger partial charge on any atom is 0.242 e. The molecule has 1 saturated heterocycles. The zero-order chi connectivity index (χ0) is 22.1. The van der Waals surface area contributed by atoms with Crippen molar-refractivity contribution in [1.82, 2.24) is 15.5 Å². The molecule has 0 atom stereocenters. The van der Waals surface area contributed by atoms with Crippen molar-refractivity contribution in [2.45, 2.75) is 6.54 Å². The minimum atomic E-state index is 0. The van der Waals surface area contributed by atoms with Gasteiger partial charge in [0.05, 0.1) is 20.8 Å². The number of rotatable bonds is 7. The van der Waals surface area contributed by atoms with Gasteiger partial charge in [-0.2, -0.15) is 0 Å². The number of halogens is 1. The Bertz CT molecular complexity index is 886. The zero-order valence-electron chi connectivity index (χ0n) is 18.8. The second-order valence-electron chi connectivity index (χ2n) is 7.17. The molecule has 0 spiro atoms. The molecule has 2 aromatic rings. The lowest BCUT2D eigenvalue weighted by Crippen LogP contribution is -2.52. The van der Waals surface area contributed by atoms with Gasteiger partial charge in [-0.1, -0.05) is 24.3 Å². The third-order valence-electron chi connectivity index (χ3n) is 5.29. The Morgan fingerprint density at radius 3 is 2.28 bits per heavy atom. The number of aliphatic imine (C=N–C) groups is 1. The van der Waals surface area contributed by atoms with Crippen LogP contribution in [0.25, 0.3) is 0 Å². The highest BCUT2D eigenvalue weighted by molar-refractivity contribution is 14.0. The first kappa shape index (κ1) is 25.6. The fourth-order valence-electron chi connectivity index (χ4n) is 3.52. The minimum absolute atomic E-state index is 0. The van der Waals surface area contributed by atoms with E-state index in [0.29, 0.717) is 37.1 Å². The second-order valence-corrected chi connectivity index (χ2v) is 7.17. The standard InChI is InChI=1S/C23H31N5O3.HI/c1-24-23(25-16-18-9-10-20(30-2)21(15-18)31-3)26-17-22(29)28-13-11-27(12-14-28)19-7-5-4-6-8-19;/h4-10,15H,11-14,16-17H2,1-3H3,(H2,24,25,26);1H. The van der Waals surface area contributed by atoms with Gasteiger partial charge in [-0.05, 0) is 29.8 Å². The normalized spacial score (nSPS) is 13.8. The van der Waals surface area contributed by atoms with E-state index in [2.05, 4.69) is 32.7 Å². The molecular formula is C23H32IN5O3. The average Bonchev–Trinajstić information content (AvgIpc) is 2.84. The Hall–Kier alpha value is -2.69. The van der Waals surface area contributed by atoms with Gasteiger partial charge < -0.3 is 29.9 Å². The van der Waals surface area contributed by atoms with Crippen molar-refractivity contribution < 1.29 is 14.3 Å². The fraction of sp³-hybridized carbons (Fsp3) is 0.391. The van der Waals surface area contributed by atoms with Crippen LogP contribution in [0.3, 0.4) is 0 Å². The van der Waals surface area contributed by atoms with Crippen LogP contribution in [0.15, 0.2) is 53.5 Å². The van der Waals surface area contributed by atoms with Gasteiger partial charge in [0.15, 0.2) is 17.5 Å². The molecule has 0 aromatic heterocycles. The van der Waals surface area contributed by atoms with Crippen LogP contribution in [0.2, 0.25) is 0 Å². The number of para-hydroxylation sites is 1. The first-order valence-corrected chi connectivity index (χ1v) is 10.4. The number of ether oxygens (including phenoxy) is 2. The van der Waals surface area contributed by atoms with E-state index >= 15 is 0 Å². The highest BCUT2D eigenvalue weighted by atomic mass is 127. The highest BCUT2D eigenvalue weighted by Crippen LogP contribution is 2.27. The van der Waals surface area contributed by atoms with E-state index in [9.17, 15) is 4.79 Å². The molecule has 32 heavy (non-hydrogen) atoms. The monoisotopic (exact) mass is 553 g/mol. The summed E-state index contributed by atoms with van der Waals surface area (Å²) in [5, 5.41) is 6.33. The summed E-state index contributed by atoms with van der Waals surface area (Å²) in [6, 6.07) is 16.0. The summed E-state index contributed by atoms with van der Waals surface area (Å²) >= 11 is 0. The summed E-state index contributed by atoms with van der Waals surface area (Å²) in [4.78, 5) is 21.0. The van der Waals surface area contributed by atoms with Gasteiger partial charge in [0.25, 0.3) is 0 Å². The molecule has 1 aliphatic heterocycles. The summed E-state index contributed by atoms with van der Waals surface area (Å²) in [6.07, 6.45) is 0. The van der Waals surface area contributed by atoms with Crippen molar-refractivity contribution in [3.8, 4) is 11.5 Å². The van der Waals surface area contributed by atoms with Crippen LogP contribution in [0.4, 0.5) is 5.69 Å². The Morgan fingerprint density at radius 2 is 1.66 bits per heavy atom. The molecule has 8 nitrogen and oxygen atoms in total. The van der Waals surface area contributed by atoms with Gasteiger partial charge in [0, 0.05) is 45.5 Å². The molecule has 3 rings (SSSR count). The van der Waals surface area contributed by atoms with Crippen LogP contribution in [0.5, 0.6) is 11.5 Å². The van der Waals surface area contributed by atoms with Crippen molar-refractivity contribution in [3.05, 3.63) is 54.1 Å². The number of hydrogen-bond acceptors (Lipinski definition) is 5. The van der Waals surface area contributed by atoms with E-state index in [-0.39, 0.29) is 36.4 Å². The van der Waals surface area contributed by atoms with Gasteiger partial charge in [0.2, 0.25) is 5.91 Å². The predicted molar refractivity (Wildman–Crippen MR) is 138 cm³/mol. The number of carbonyl (C=O) groups excluding carboxylic acids is 1. The molecule has 1 amide bonds. The second kappa shape index (κ2) is 13.0. The highest BCUT2D eigenvalue weighted by Gasteiger charge is 2.21. The van der Waals surface area contributed by atoms with Gasteiger partial charge in [0.1, 0.15) is 0 Å². The van der Waals surface area contributed by atoms with Crippen molar-refractivity contribution in [2.24, 2.45) is 4.99 Å².